The van der Waals surface area contributed by atoms with Crippen molar-refractivity contribution in [1.29, 1.82) is 0 Å². The summed E-state index contributed by atoms with van der Waals surface area (Å²) in [6.07, 6.45) is 2.30. The molecule has 0 aliphatic heterocycles. The third-order valence-electron chi connectivity index (χ3n) is 4.84. The van der Waals surface area contributed by atoms with Gasteiger partial charge in [-0.1, -0.05) is 0 Å². The molecule has 1 heterocycles. The molecule has 0 unspecified atom stereocenters. The van der Waals surface area contributed by atoms with Crippen LogP contribution in [0.3, 0.4) is 0 Å². The van der Waals surface area contributed by atoms with E-state index in [1.54, 1.807) is 16.8 Å². The van der Waals surface area contributed by atoms with E-state index in [1.165, 1.54) is 24.1 Å². The minimum absolute atomic E-state index is 0.137. The first-order chi connectivity index (χ1) is 14.5. The monoisotopic (exact) mass is 430 g/mol. The van der Waals surface area contributed by atoms with Crippen LogP contribution in [0.4, 0.5) is 4.39 Å². The molecule has 2 amide bonds. The summed E-state index contributed by atoms with van der Waals surface area (Å²) in [5.74, 6) is -1.84. The van der Waals surface area contributed by atoms with Gasteiger partial charge >= 0.3 is 5.97 Å². The molecular formula is C22H27FN4O4. The minimum Gasteiger partial charge on any atom is -0.451 e. The second-order valence-electron chi connectivity index (χ2n) is 8.64. The van der Waals surface area contributed by atoms with E-state index in [1.807, 2.05) is 20.8 Å². The van der Waals surface area contributed by atoms with Crippen LogP contribution in [0, 0.1) is 5.82 Å². The Hall–Kier alpha value is -3.23. The van der Waals surface area contributed by atoms with Crippen molar-refractivity contribution in [2.45, 2.75) is 45.6 Å². The average molecular weight is 430 g/mol. The van der Waals surface area contributed by atoms with Crippen molar-refractivity contribution in [3.63, 3.8) is 0 Å². The topological polar surface area (TPSA) is 93.5 Å². The summed E-state index contributed by atoms with van der Waals surface area (Å²) in [4.78, 5) is 38.1. The fourth-order valence-corrected chi connectivity index (χ4v) is 3.46. The van der Waals surface area contributed by atoms with Gasteiger partial charge < -0.3 is 15.0 Å². The number of benzene rings is 1. The summed E-state index contributed by atoms with van der Waals surface area (Å²) in [5, 5.41) is 7.14. The Morgan fingerprint density at radius 3 is 2.52 bits per heavy atom. The highest BCUT2D eigenvalue weighted by Crippen LogP contribution is 2.28. The molecule has 1 aromatic carbocycles. The Labute approximate surface area is 180 Å². The number of amides is 2. The summed E-state index contributed by atoms with van der Waals surface area (Å²) in [6, 6.07) is 5.86. The van der Waals surface area contributed by atoms with Gasteiger partial charge in [0.15, 0.2) is 12.3 Å². The molecule has 166 valence electrons. The molecule has 31 heavy (non-hydrogen) atoms. The van der Waals surface area contributed by atoms with Crippen LogP contribution >= 0.6 is 0 Å². The normalized spacial score (nSPS) is 12.9. The molecule has 0 spiro atoms. The highest BCUT2D eigenvalue weighted by molar-refractivity contribution is 5.92. The molecule has 0 saturated carbocycles. The Kier molecular flexibility index (Phi) is 6.42. The van der Waals surface area contributed by atoms with Gasteiger partial charge in [0.1, 0.15) is 5.82 Å². The Morgan fingerprint density at radius 1 is 1.19 bits per heavy atom. The van der Waals surface area contributed by atoms with Crippen LogP contribution in [0.1, 0.15) is 48.9 Å². The number of carbonyl (C=O) groups excluding carboxylic acids is 3. The Morgan fingerprint density at radius 2 is 1.87 bits per heavy atom. The standard InChI is InChI=1S/C22H27FN4O4/c1-22(2,3)24-18(28)12-26(4)19(29)13-31-21(30)20-16-6-5-7-17(16)27(25-20)15-10-8-14(23)9-11-15/h8-11H,5-7,12-13H2,1-4H3,(H,24,28). The number of likely N-dealkylation sites (N-methyl/N-ethyl adjacent to an activating group) is 1. The highest BCUT2D eigenvalue weighted by atomic mass is 19.1. The van der Waals surface area contributed by atoms with E-state index in [2.05, 4.69) is 10.4 Å². The van der Waals surface area contributed by atoms with Gasteiger partial charge in [-0.05, 0) is 64.3 Å². The number of ether oxygens (including phenoxy) is 1. The van der Waals surface area contributed by atoms with E-state index in [-0.39, 0.29) is 24.0 Å². The van der Waals surface area contributed by atoms with Gasteiger partial charge in [-0.2, -0.15) is 5.10 Å². The predicted octanol–water partition coefficient (Wildman–Crippen LogP) is 2.03. The summed E-state index contributed by atoms with van der Waals surface area (Å²) >= 11 is 0. The first kappa shape index (κ1) is 22.5. The fourth-order valence-electron chi connectivity index (χ4n) is 3.46. The Balaban J connectivity index is 1.65. The van der Waals surface area contributed by atoms with Gasteiger partial charge in [-0.3, -0.25) is 9.59 Å². The first-order valence-electron chi connectivity index (χ1n) is 10.1. The molecule has 0 fully saturated rings. The van der Waals surface area contributed by atoms with Crippen LogP contribution in [0.15, 0.2) is 24.3 Å². The number of hydrogen-bond acceptors (Lipinski definition) is 5. The van der Waals surface area contributed by atoms with Crippen molar-refractivity contribution < 1.29 is 23.5 Å². The lowest BCUT2D eigenvalue weighted by Gasteiger charge is -2.23. The first-order valence-corrected chi connectivity index (χ1v) is 10.1. The minimum atomic E-state index is -0.695. The SMILES string of the molecule is CN(CC(=O)NC(C)(C)C)C(=O)COC(=O)c1nn(-c2ccc(F)cc2)c2c1CCC2. The second kappa shape index (κ2) is 8.87. The van der Waals surface area contributed by atoms with Gasteiger partial charge in [-0.25, -0.2) is 13.9 Å². The number of esters is 1. The van der Waals surface area contributed by atoms with Crippen LogP contribution in [0.25, 0.3) is 5.69 Å². The number of aromatic nitrogens is 2. The smallest absolute Gasteiger partial charge is 0.359 e. The predicted molar refractivity (Wildman–Crippen MR) is 111 cm³/mol. The molecule has 8 nitrogen and oxygen atoms in total. The molecule has 1 aliphatic rings. The zero-order chi connectivity index (χ0) is 22.8. The van der Waals surface area contributed by atoms with Gasteiger partial charge in [0.05, 0.1) is 12.2 Å². The third-order valence-corrected chi connectivity index (χ3v) is 4.84. The van der Waals surface area contributed by atoms with Gasteiger partial charge in [0, 0.05) is 23.8 Å². The molecule has 0 atom stereocenters. The van der Waals surface area contributed by atoms with Crippen molar-refractivity contribution >= 4 is 17.8 Å². The number of fused-ring (bicyclic) bond motifs is 1. The van der Waals surface area contributed by atoms with Crippen LogP contribution in [0.5, 0.6) is 0 Å². The van der Waals surface area contributed by atoms with E-state index < -0.39 is 24.0 Å². The maximum atomic E-state index is 13.2. The van der Waals surface area contributed by atoms with Crippen molar-refractivity contribution in [3.05, 3.63) is 47.0 Å². The molecule has 0 radical (unpaired) electrons. The summed E-state index contributed by atoms with van der Waals surface area (Å²) in [6.45, 7) is 4.91. The maximum absolute atomic E-state index is 13.2. The highest BCUT2D eigenvalue weighted by Gasteiger charge is 2.28. The molecule has 1 aliphatic carbocycles. The molecular weight excluding hydrogens is 403 g/mol. The summed E-state index contributed by atoms with van der Waals surface area (Å²) in [7, 11) is 1.47. The van der Waals surface area contributed by atoms with E-state index in [0.717, 1.165) is 24.1 Å². The largest absolute Gasteiger partial charge is 0.451 e. The molecule has 0 bridgehead atoms. The number of hydrogen-bond donors (Lipinski definition) is 1. The van der Waals surface area contributed by atoms with Crippen LogP contribution < -0.4 is 5.32 Å². The molecule has 0 saturated heterocycles. The molecule has 9 heteroatoms. The van der Waals surface area contributed by atoms with E-state index >= 15 is 0 Å². The molecule has 1 N–H and O–H groups in total. The number of nitrogens with one attached hydrogen (secondary N) is 1. The Bertz CT molecular complexity index is 992. The van der Waals surface area contributed by atoms with E-state index in [9.17, 15) is 18.8 Å². The number of carbonyl (C=O) groups is 3. The average Bonchev–Trinajstić information content (AvgIpc) is 3.27. The van der Waals surface area contributed by atoms with Crippen molar-refractivity contribution in [2.75, 3.05) is 20.2 Å². The second-order valence-corrected chi connectivity index (χ2v) is 8.64. The van der Waals surface area contributed by atoms with E-state index in [0.29, 0.717) is 12.1 Å². The zero-order valence-corrected chi connectivity index (χ0v) is 18.2. The van der Waals surface area contributed by atoms with Crippen LogP contribution in [0.2, 0.25) is 0 Å². The van der Waals surface area contributed by atoms with Crippen LogP contribution in [-0.4, -0.2) is 58.2 Å². The van der Waals surface area contributed by atoms with Crippen molar-refractivity contribution in [1.82, 2.24) is 20.0 Å². The fraction of sp³-hybridized carbons (Fsp3) is 0.455. The van der Waals surface area contributed by atoms with Gasteiger partial charge in [0.25, 0.3) is 5.91 Å². The van der Waals surface area contributed by atoms with Crippen molar-refractivity contribution in [2.24, 2.45) is 0 Å². The molecule has 3 rings (SSSR count). The van der Waals surface area contributed by atoms with E-state index in [4.69, 9.17) is 4.74 Å². The number of nitrogens with zero attached hydrogens (tertiary/aromatic N) is 3. The maximum Gasteiger partial charge on any atom is 0.359 e. The third kappa shape index (κ3) is 5.48. The lowest BCUT2D eigenvalue weighted by atomic mass is 10.1. The summed E-state index contributed by atoms with van der Waals surface area (Å²) < 4.78 is 20.1. The lowest BCUT2D eigenvalue weighted by molar-refractivity contribution is -0.137. The van der Waals surface area contributed by atoms with Gasteiger partial charge in [0.2, 0.25) is 5.91 Å². The quantitative estimate of drug-likeness (QED) is 0.708. The van der Waals surface area contributed by atoms with Gasteiger partial charge in [-0.15, -0.1) is 0 Å². The summed E-state index contributed by atoms with van der Waals surface area (Å²) in [5.41, 5.74) is 2.09. The number of rotatable bonds is 6. The zero-order valence-electron chi connectivity index (χ0n) is 18.2. The van der Waals surface area contributed by atoms with Crippen LogP contribution in [-0.2, 0) is 27.2 Å². The number of halogens is 1. The van der Waals surface area contributed by atoms with Crippen molar-refractivity contribution in [3.8, 4) is 5.69 Å². The molecule has 2 aromatic rings. The lowest BCUT2D eigenvalue weighted by Crippen LogP contribution is -2.46. The molecule has 1 aromatic heterocycles.